The van der Waals surface area contributed by atoms with E-state index in [9.17, 15) is 10.1 Å². The molecule has 72 valence electrons. The van der Waals surface area contributed by atoms with Crippen LogP contribution < -0.4 is 0 Å². The van der Waals surface area contributed by atoms with Crippen molar-refractivity contribution in [3.63, 3.8) is 0 Å². The first kappa shape index (κ1) is 9.89. The average molecular weight is 293 g/mol. The maximum absolute atomic E-state index is 10.6. The number of halogens is 2. The third-order valence-corrected chi connectivity index (χ3v) is 3.99. The van der Waals surface area contributed by atoms with Gasteiger partial charge in [-0.2, -0.15) is 0 Å². The van der Waals surface area contributed by atoms with Gasteiger partial charge < -0.3 is 0 Å². The molecule has 0 amide bonds. The van der Waals surface area contributed by atoms with Crippen molar-refractivity contribution in [1.29, 1.82) is 0 Å². The van der Waals surface area contributed by atoms with Crippen molar-refractivity contribution < 1.29 is 4.92 Å². The summed E-state index contributed by atoms with van der Waals surface area (Å²) in [5, 5.41) is 13.7. The maximum atomic E-state index is 10.6. The fourth-order valence-electron chi connectivity index (χ4n) is 1.18. The molecule has 0 atom stereocenters. The molecule has 2 aromatic rings. The largest absolute Gasteiger partial charge is 0.284 e. The highest BCUT2D eigenvalue weighted by Gasteiger charge is 2.17. The van der Waals surface area contributed by atoms with E-state index in [4.69, 9.17) is 11.6 Å². The van der Waals surface area contributed by atoms with Gasteiger partial charge in [-0.25, -0.2) is 0 Å². The normalized spacial score (nSPS) is 10.7. The maximum Gasteiger partial charge on any atom is 0.284 e. The molecular weight excluding hydrogens is 290 g/mol. The average Bonchev–Trinajstić information content (AvgIpc) is 2.48. The number of nitro groups is 1. The van der Waals surface area contributed by atoms with Gasteiger partial charge in [0.15, 0.2) is 0 Å². The van der Waals surface area contributed by atoms with Crippen LogP contribution in [0.25, 0.3) is 10.1 Å². The lowest BCUT2D eigenvalue weighted by atomic mass is 10.2. The van der Waals surface area contributed by atoms with Crippen LogP contribution >= 0.6 is 38.9 Å². The van der Waals surface area contributed by atoms with E-state index in [1.54, 1.807) is 11.4 Å². The predicted octanol–water partition coefficient (Wildman–Crippen LogP) is 4.23. The van der Waals surface area contributed by atoms with Crippen molar-refractivity contribution in [2.75, 3.05) is 0 Å². The van der Waals surface area contributed by atoms with Crippen LogP contribution in [0.4, 0.5) is 5.69 Å². The number of hydrogen-bond acceptors (Lipinski definition) is 3. The van der Waals surface area contributed by atoms with E-state index in [-0.39, 0.29) is 5.69 Å². The molecule has 14 heavy (non-hydrogen) atoms. The van der Waals surface area contributed by atoms with Crippen LogP contribution in [-0.2, 0) is 0 Å². The predicted molar refractivity (Wildman–Crippen MR) is 61.2 cm³/mol. The monoisotopic (exact) mass is 291 g/mol. The minimum atomic E-state index is -0.433. The van der Waals surface area contributed by atoms with Crippen LogP contribution in [0.15, 0.2) is 22.0 Å². The Bertz CT molecular complexity index is 525. The summed E-state index contributed by atoms with van der Waals surface area (Å²) in [5.41, 5.74) is 0.0396. The minimum Gasteiger partial charge on any atom is -0.258 e. The highest BCUT2D eigenvalue weighted by molar-refractivity contribution is 9.10. The minimum absolute atomic E-state index is 0.0396. The SMILES string of the molecule is O=[N+]([O-])c1ccc2scc(Cl)c2c1Br. The summed E-state index contributed by atoms with van der Waals surface area (Å²) in [7, 11) is 0. The zero-order valence-corrected chi connectivity index (χ0v) is 9.82. The molecule has 1 aromatic carbocycles. The fourth-order valence-corrected chi connectivity index (χ4v) is 3.34. The van der Waals surface area contributed by atoms with Crippen LogP contribution in [0, 0.1) is 10.1 Å². The number of nitro benzene ring substituents is 1. The molecular formula is C8H3BrClNO2S. The first-order chi connectivity index (χ1) is 6.61. The van der Waals surface area contributed by atoms with Crippen molar-refractivity contribution in [3.05, 3.63) is 37.1 Å². The molecule has 1 aromatic heterocycles. The van der Waals surface area contributed by atoms with Crippen molar-refractivity contribution in [3.8, 4) is 0 Å². The Balaban J connectivity index is 2.86. The summed E-state index contributed by atoms with van der Waals surface area (Å²) in [6, 6.07) is 3.17. The van der Waals surface area contributed by atoms with Gasteiger partial charge in [0.25, 0.3) is 5.69 Å². The Kier molecular flexibility index (Phi) is 2.47. The van der Waals surface area contributed by atoms with E-state index in [2.05, 4.69) is 15.9 Å². The van der Waals surface area contributed by atoms with Crippen LogP contribution in [0.1, 0.15) is 0 Å². The van der Waals surface area contributed by atoms with Crippen molar-refractivity contribution >= 4 is 54.6 Å². The second-order valence-electron chi connectivity index (χ2n) is 2.61. The molecule has 2 rings (SSSR count). The topological polar surface area (TPSA) is 43.1 Å². The molecule has 0 saturated heterocycles. The standard InChI is InChI=1S/C8H3BrClNO2S/c9-8-5(11(12)13)1-2-6-7(8)4(10)3-14-6/h1-3H. The van der Waals surface area contributed by atoms with Gasteiger partial charge in [0.1, 0.15) is 4.47 Å². The zero-order chi connectivity index (χ0) is 10.3. The van der Waals surface area contributed by atoms with Crippen molar-refractivity contribution in [2.45, 2.75) is 0 Å². The van der Waals surface area contributed by atoms with E-state index >= 15 is 0 Å². The number of thiophene rings is 1. The van der Waals surface area contributed by atoms with E-state index in [0.29, 0.717) is 14.9 Å². The number of fused-ring (bicyclic) bond motifs is 1. The Morgan fingerprint density at radius 1 is 1.50 bits per heavy atom. The van der Waals surface area contributed by atoms with Gasteiger partial charge in [0.2, 0.25) is 0 Å². The third kappa shape index (κ3) is 1.41. The van der Waals surface area contributed by atoms with Gasteiger partial charge in [-0.1, -0.05) is 11.6 Å². The smallest absolute Gasteiger partial charge is 0.258 e. The lowest BCUT2D eigenvalue weighted by Gasteiger charge is -1.97. The number of hydrogen-bond donors (Lipinski definition) is 0. The molecule has 0 spiro atoms. The highest BCUT2D eigenvalue weighted by Crippen LogP contribution is 2.40. The third-order valence-electron chi connectivity index (χ3n) is 1.81. The second kappa shape index (κ2) is 3.49. The molecule has 1 heterocycles. The Morgan fingerprint density at radius 2 is 2.21 bits per heavy atom. The zero-order valence-electron chi connectivity index (χ0n) is 6.66. The lowest BCUT2D eigenvalue weighted by molar-refractivity contribution is -0.385. The van der Waals surface area contributed by atoms with E-state index in [0.717, 1.165) is 4.70 Å². The first-order valence-corrected chi connectivity index (χ1v) is 5.66. The van der Waals surface area contributed by atoms with E-state index < -0.39 is 4.92 Å². The summed E-state index contributed by atoms with van der Waals surface area (Å²) in [6.45, 7) is 0. The number of benzene rings is 1. The van der Waals surface area contributed by atoms with Gasteiger partial charge in [0.05, 0.1) is 9.95 Å². The number of rotatable bonds is 1. The van der Waals surface area contributed by atoms with E-state index in [1.165, 1.54) is 17.4 Å². The summed E-state index contributed by atoms with van der Waals surface area (Å²) in [5.74, 6) is 0. The van der Waals surface area contributed by atoms with Gasteiger partial charge in [0, 0.05) is 21.5 Å². The Hall–Kier alpha value is -0.650. The lowest BCUT2D eigenvalue weighted by Crippen LogP contribution is -1.88. The first-order valence-electron chi connectivity index (χ1n) is 3.61. The van der Waals surface area contributed by atoms with Gasteiger partial charge >= 0.3 is 0 Å². The molecule has 0 aliphatic heterocycles. The summed E-state index contributed by atoms with van der Waals surface area (Å²) < 4.78 is 1.39. The molecule has 6 heteroatoms. The summed E-state index contributed by atoms with van der Waals surface area (Å²) in [4.78, 5) is 10.2. The molecule has 0 radical (unpaired) electrons. The van der Waals surface area contributed by atoms with Crippen LogP contribution in [0.2, 0.25) is 5.02 Å². The molecule has 0 N–H and O–H groups in total. The van der Waals surface area contributed by atoms with Crippen LogP contribution in [-0.4, -0.2) is 4.92 Å². The van der Waals surface area contributed by atoms with Crippen molar-refractivity contribution in [1.82, 2.24) is 0 Å². The van der Waals surface area contributed by atoms with Gasteiger partial charge in [-0.15, -0.1) is 11.3 Å². The molecule has 0 aliphatic carbocycles. The quantitative estimate of drug-likeness (QED) is 0.583. The molecule has 0 saturated carbocycles. The molecule has 0 aliphatic rings. The van der Waals surface area contributed by atoms with Gasteiger partial charge in [-0.3, -0.25) is 10.1 Å². The summed E-state index contributed by atoms with van der Waals surface area (Å²) >= 11 is 10.6. The van der Waals surface area contributed by atoms with Gasteiger partial charge in [-0.05, 0) is 22.0 Å². The van der Waals surface area contributed by atoms with E-state index in [1.807, 2.05) is 0 Å². The molecule has 0 bridgehead atoms. The van der Waals surface area contributed by atoms with Crippen LogP contribution in [0.3, 0.4) is 0 Å². The Labute approximate surface area is 96.6 Å². The van der Waals surface area contributed by atoms with Crippen molar-refractivity contribution in [2.24, 2.45) is 0 Å². The van der Waals surface area contributed by atoms with Crippen LogP contribution in [0.5, 0.6) is 0 Å². The fraction of sp³-hybridized carbons (Fsp3) is 0. The number of nitrogens with zero attached hydrogens (tertiary/aromatic N) is 1. The second-order valence-corrected chi connectivity index (χ2v) is 4.72. The molecule has 0 fully saturated rings. The molecule has 0 unspecified atom stereocenters. The Morgan fingerprint density at radius 3 is 2.86 bits per heavy atom. The molecule has 3 nitrogen and oxygen atoms in total. The summed E-state index contributed by atoms with van der Waals surface area (Å²) in [6.07, 6.45) is 0. The highest BCUT2D eigenvalue weighted by atomic mass is 79.9.